The van der Waals surface area contributed by atoms with Crippen molar-refractivity contribution < 1.29 is 4.74 Å². The van der Waals surface area contributed by atoms with E-state index >= 15 is 0 Å². The van der Waals surface area contributed by atoms with E-state index in [2.05, 4.69) is 15.4 Å². The number of nitrogens with one attached hydrogen (secondary N) is 1. The quantitative estimate of drug-likeness (QED) is 0.563. The van der Waals surface area contributed by atoms with Gasteiger partial charge in [-0.3, -0.25) is 0 Å². The molecule has 0 aliphatic heterocycles. The first-order chi connectivity index (χ1) is 8.58. The van der Waals surface area contributed by atoms with Crippen LogP contribution in [0.3, 0.4) is 0 Å². The number of hydrazine groups is 1. The van der Waals surface area contributed by atoms with Gasteiger partial charge in [0.05, 0.1) is 0 Å². The van der Waals surface area contributed by atoms with Crippen molar-refractivity contribution in [3.05, 3.63) is 35.4 Å². The highest BCUT2D eigenvalue weighted by molar-refractivity contribution is 5.44. The number of nitrogen functional groups attached to an aromatic ring is 2. The SMILES string of the molecule is Cc1ccc(Oc2cc(NN)nc(N)n2)c(C)c1. The van der Waals surface area contributed by atoms with E-state index < -0.39 is 0 Å². The fourth-order valence-electron chi connectivity index (χ4n) is 1.60. The zero-order chi connectivity index (χ0) is 13.1. The number of aryl methyl sites for hydroxylation is 2. The third-order valence-electron chi connectivity index (χ3n) is 2.41. The molecule has 6 nitrogen and oxygen atoms in total. The van der Waals surface area contributed by atoms with Crippen LogP contribution in [0.5, 0.6) is 11.6 Å². The van der Waals surface area contributed by atoms with E-state index in [0.717, 1.165) is 11.3 Å². The van der Waals surface area contributed by atoms with Crippen molar-refractivity contribution in [2.45, 2.75) is 13.8 Å². The van der Waals surface area contributed by atoms with E-state index in [9.17, 15) is 0 Å². The van der Waals surface area contributed by atoms with Gasteiger partial charge in [0.2, 0.25) is 11.8 Å². The Labute approximate surface area is 105 Å². The van der Waals surface area contributed by atoms with Crippen molar-refractivity contribution in [3.8, 4) is 11.6 Å². The number of anilines is 2. The van der Waals surface area contributed by atoms with Gasteiger partial charge in [-0.15, -0.1) is 0 Å². The molecule has 1 aromatic heterocycles. The second kappa shape index (κ2) is 4.89. The molecule has 0 bridgehead atoms. The van der Waals surface area contributed by atoms with Crippen LogP contribution in [0.1, 0.15) is 11.1 Å². The normalized spacial score (nSPS) is 10.2. The van der Waals surface area contributed by atoms with Crippen LogP contribution in [0.4, 0.5) is 11.8 Å². The average molecular weight is 245 g/mol. The molecule has 0 unspecified atom stereocenters. The topological polar surface area (TPSA) is 99.1 Å². The molecule has 0 fully saturated rings. The fraction of sp³-hybridized carbons (Fsp3) is 0.167. The van der Waals surface area contributed by atoms with Gasteiger partial charge in [0.1, 0.15) is 11.6 Å². The lowest BCUT2D eigenvalue weighted by molar-refractivity contribution is 0.459. The number of ether oxygens (including phenoxy) is 1. The lowest BCUT2D eigenvalue weighted by atomic mass is 10.1. The average Bonchev–Trinajstić information content (AvgIpc) is 2.32. The molecule has 0 saturated heterocycles. The summed E-state index contributed by atoms with van der Waals surface area (Å²) < 4.78 is 5.66. The molecule has 0 aliphatic carbocycles. The van der Waals surface area contributed by atoms with Crippen molar-refractivity contribution in [2.24, 2.45) is 5.84 Å². The Bertz CT molecular complexity index is 570. The Hall–Kier alpha value is -2.34. The molecule has 2 aromatic rings. The van der Waals surface area contributed by atoms with Gasteiger partial charge in [-0.25, -0.2) is 5.84 Å². The van der Waals surface area contributed by atoms with E-state index in [-0.39, 0.29) is 5.95 Å². The third-order valence-corrected chi connectivity index (χ3v) is 2.41. The monoisotopic (exact) mass is 245 g/mol. The highest BCUT2D eigenvalue weighted by atomic mass is 16.5. The van der Waals surface area contributed by atoms with E-state index in [1.165, 1.54) is 5.56 Å². The molecular weight excluding hydrogens is 230 g/mol. The van der Waals surface area contributed by atoms with Crippen molar-refractivity contribution in [3.63, 3.8) is 0 Å². The van der Waals surface area contributed by atoms with Gasteiger partial charge >= 0.3 is 0 Å². The van der Waals surface area contributed by atoms with E-state index in [1.54, 1.807) is 6.07 Å². The number of nitrogens with two attached hydrogens (primary N) is 2. The van der Waals surface area contributed by atoms with Crippen LogP contribution < -0.4 is 21.7 Å². The van der Waals surface area contributed by atoms with Crippen molar-refractivity contribution in [1.29, 1.82) is 0 Å². The molecule has 6 heteroatoms. The van der Waals surface area contributed by atoms with E-state index in [1.807, 2.05) is 32.0 Å². The maximum absolute atomic E-state index is 5.66. The summed E-state index contributed by atoms with van der Waals surface area (Å²) in [4.78, 5) is 7.87. The molecule has 5 N–H and O–H groups in total. The second-order valence-corrected chi connectivity index (χ2v) is 3.96. The second-order valence-electron chi connectivity index (χ2n) is 3.96. The minimum Gasteiger partial charge on any atom is -0.439 e. The van der Waals surface area contributed by atoms with Crippen molar-refractivity contribution >= 4 is 11.8 Å². The fourth-order valence-corrected chi connectivity index (χ4v) is 1.60. The summed E-state index contributed by atoms with van der Waals surface area (Å²) in [5.41, 5.74) is 10.2. The first kappa shape index (κ1) is 12.1. The number of aromatic nitrogens is 2. The summed E-state index contributed by atoms with van der Waals surface area (Å²) in [6.45, 7) is 3.99. The van der Waals surface area contributed by atoms with Crippen molar-refractivity contribution in [2.75, 3.05) is 11.2 Å². The summed E-state index contributed by atoms with van der Waals surface area (Å²) >= 11 is 0. The van der Waals surface area contributed by atoms with Gasteiger partial charge in [0.15, 0.2) is 0 Å². The number of hydrogen-bond acceptors (Lipinski definition) is 6. The minimum absolute atomic E-state index is 0.102. The first-order valence-electron chi connectivity index (χ1n) is 5.45. The maximum Gasteiger partial charge on any atom is 0.226 e. The highest BCUT2D eigenvalue weighted by Crippen LogP contribution is 2.25. The largest absolute Gasteiger partial charge is 0.439 e. The Morgan fingerprint density at radius 1 is 1.17 bits per heavy atom. The Morgan fingerprint density at radius 3 is 2.61 bits per heavy atom. The van der Waals surface area contributed by atoms with Crippen LogP contribution in [0.15, 0.2) is 24.3 Å². The standard InChI is InChI=1S/C12H15N5O/c1-7-3-4-9(8(2)5-7)18-11-6-10(17-14)15-12(13)16-11/h3-6H,14H2,1-2H3,(H3,13,15,16,17). The first-order valence-corrected chi connectivity index (χ1v) is 5.45. The van der Waals surface area contributed by atoms with Gasteiger partial charge in [-0.05, 0) is 25.5 Å². The van der Waals surface area contributed by atoms with Gasteiger partial charge in [-0.1, -0.05) is 17.7 Å². The molecule has 18 heavy (non-hydrogen) atoms. The van der Waals surface area contributed by atoms with E-state index in [0.29, 0.717) is 11.7 Å². The number of rotatable bonds is 3. The molecule has 0 spiro atoms. The molecule has 1 aromatic carbocycles. The molecule has 2 rings (SSSR count). The Morgan fingerprint density at radius 2 is 1.94 bits per heavy atom. The Kier molecular flexibility index (Phi) is 3.29. The summed E-state index contributed by atoms with van der Waals surface area (Å²) in [5, 5.41) is 0. The number of nitrogens with zero attached hydrogens (tertiary/aromatic N) is 2. The lowest BCUT2D eigenvalue weighted by Gasteiger charge is -2.09. The van der Waals surface area contributed by atoms with Crippen LogP contribution >= 0.6 is 0 Å². The smallest absolute Gasteiger partial charge is 0.226 e. The predicted octanol–water partition coefficient (Wildman–Crippen LogP) is 1.75. The van der Waals surface area contributed by atoms with Gasteiger partial charge in [-0.2, -0.15) is 9.97 Å². The van der Waals surface area contributed by atoms with Crippen LogP contribution in [-0.2, 0) is 0 Å². The number of benzene rings is 1. The molecule has 94 valence electrons. The Balaban J connectivity index is 2.30. The molecule has 0 amide bonds. The van der Waals surface area contributed by atoms with Crippen LogP contribution in [0.25, 0.3) is 0 Å². The van der Waals surface area contributed by atoms with Gasteiger partial charge in [0.25, 0.3) is 0 Å². The van der Waals surface area contributed by atoms with Crippen LogP contribution in [0.2, 0.25) is 0 Å². The van der Waals surface area contributed by atoms with Gasteiger partial charge < -0.3 is 15.9 Å². The van der Waals surface area contributed by atoms with Gasteiger partial charge in [0, 0.05) is 6.07 Å². The summed E-state index contributed by atoms with van der Waals surface area (Å²) in [6.07, 6.45) is 0. The molecule has 1 heterocycles. The summed E-state index contributed by atoms with van der Waals surface area (Å²) in [6, 6.07) is 7.46. The molecule has 0 atom stereocenters. The summed E-state index contributed by atoms with van der Waals surface area (Å²) in [7, 11) is 0. The molecule has 0 saturated carbocycles. The van der Waals surface area contributed by atoms with Crippen molar-refractivity contribution in [1.82, 2.24) is 9.97 Å². The number of hydrogen-bond donors (Lipinski definition) is 3. The zero-order valence-electron chi connectivity index (χ0n) is 10.3. The third kappa shape index (κ3) is 2.67. The molecular formula is C12H15N5O. The highest BCUT2D eigenvalue weighted by Gasteiger charge is 2.06. The predicted molar refractivity (Wildman–Crippen MR) is 70.2 cm³/mol. The van der Waals surface area contributed by atoms with Crippen LogP contribution in [0, 0.1) is 13.8 Å². The van der Waals surface area contributed by atoms with E-state index in [4.69, 9.17) is 16.3 Å². The molecule has 0 radical (unpaired) electrons. The van der Waals surface area contributed by atoms with Crippen LogP contribution in [-0.4, -0.2) is 9.97 Å². The maximum atomic E-state index is 5.66. The summed E-state index contributed by atoms with van der Waals surface area (Å²) in [5.74, 6) is 6.86. The minimum atomic E-state index is 0.102. The lowest BCUT2D eigenvalue weighted by Crippen LogP contribution is -2.10. The molecule has 0 aliphatic rings. The zero-order valence-corrected chi connectivity index (χ0v) is 10.3.